The van der Waals surface area contributed by atoms with Gasteiger partial charge in [0.25, 0.3) is 0 Å². The lowest BCUT2D eigenvalue weighted by atomic mass is 10.1. The van der Waals surface area contributed by atoms with Crippen LogP contribution in [-0.4, -0.2) is 49.6 Å². The van der Waals surface area contributed by atoms with E-state index < -0.39 is 30.0 Å². The van der Waals surface area contributed by atoms with Crippen molar-refractivity contribution in [1.29, 1.82) is 0 Å². The molecule has 0 aromatic carbocycles. The maximum Gasteiger partial charge on any atom is 0.331 e. The Bertz CT molecular complexity index is 431. The Labute approximate surface area is 109 Å². The van der Waals surface area contributed by atoms with Crippen molar-refractivity contribution in [2.75, 3.05) is 13.7 Å². The molecule has 2 N–H and O–H groups in total. The van der Waals surface area contributed by atoms with Gasteiger partial charge >= 0.3 is 11.9 Å². The van der Waals surface area contributed by atoms with Crippen molar-refractivity contribution in [3.8, 4) is 0 Å². The summed E-state index contributed by atoms with van der Waals surface area (Å²) in [6, 6.07) is -0.947. The summed E-state index contributed by atoms with van der Waals surface area (Å²) in [7, 11) is 1.17. The minimum Gasteiger partial charge on any atom is -0.466 e. The van der Waals surface area contributed by atoms with Gasteiger partial charge in [-0.2, -0.15) is 0 Å². The van der Waals surface area contributed by atoms with Gasteiger partial charge in [-0.25, -0.2) is 9.59 Å². The molecule has 0 aromatic heterocycles. The predicted molar refractivity (Wildman–Crippen MR) is 61.7 cm³/mol. The molecular weight excluding hydrogens is 256 g/mol. The van der Waals surface area contributed by atoms with Crippen LogP contribution in [-0.2, 0) is 28.7 Å². The number of piperazine rings is 1. The SMILES string of the molecule is COC(=O)/C=C/C(=O)O[C@H](C)[C@@H]1NC(=O)CNC1=O. The lowest BCUT2D eigenvalue weighted by molar-refractivity contribution is -0.149. The second-order valence-corrected chi connectivity index (χ2v) is 3.76. The average Bonchev–Trinajstić information content (AvgIpc) is 2.38. The van der Waals surface area contributed by atoms with Crippen molar-refractivity contribution in [2.45, 2.75) is 19.1 Å². The molecule has 1 aliphatic heterocycles. The maximum absolute atomic E-state index is 11.5. The highest BCUT2D eigenvalue weighted by atomic mass is 16.5. The first-order chi connectivity index (χ1) is 8.93. The van der Waals surface area contributed by atoms with E-state index in [2.05, 4.69) is 15.4 Å². The molecule has 1 aliphatic rings. The largest absolute Gasteiger partial charge is 0.466 e. The van der Waals surface area contributed by atoms with Crippen LogP contribution in [0.3, 0.4) is 0 Å². The van der Waals surface area contributed by atoms with Gasteiger partial charge in [-0.1, -0.05) is 0 Å². The normalized spacial score (nSPS) is 20.4. The van der Waals surface area contributed by atoms with Gasteiger partial charge in [0.1, 0.15) is 12.1 Å². The van der Waals surface area contributed by atoms with Crippen LogP contribution in [0.5, 0.6) is 0 Å². The fraction of sp³-hybridized carbons (Fsp3) is 0.455. The summed E-state index contributed by atoms with van der Waals surface area (Å²) in [5, 5.41) is 4.76. The van der Waals surface area contributed by atoms with Gasteiger partial charge in [0.2, 0.25) is 11.8 Å². The summed E-state index contributed by atoms with van der Waals surface area (Å²) in [5.74, 6) is -2.31. The van der Waals surface area contributed by atoms with Gasteiger partial charge in [-0.3, -0.25) is 9.59 Å². The molecular formula is C11H14N2O6. The zero-order chi connectivity index (χ0) is 14.4. The van der Waals surface area contributed by atoms with Crippen molar-refractivity contribution < 1.29 is 28.7 Å². The molecule has 0 saturated carbocycles. The Hall–Kier alpha value is -2.38. The first-order valence-corrected chi connectivity index (χ1v) is 5.47. The van der Waals surface area contributed by atoms with E-state index in [0.29, 0.717) is 0 Å². The molecule has 19 heavy (non-hydrogen) atoms. The Kier molecular flexibility index (Phi) is 5.04. The van der Waals surface area contributed by atoms with Crippen molar-refractivity contribution in [3.05, 3.63) is 12.2 Å². The van der Waals surface area contributed by atoms with Crippen LogP contribution in [0.4, 0.5) is 0 Å². The van der Waals surface area contributed by atoms with Gasteiger partial charge < -0.3 is 20.1 Å². The van der Waals surface area contributed by atoms with Crippen LogP contribution in [0, 0.1) is 0 Å². The van der Waals surface area contributed by atoms with E-state index in [-0.39, 0.29) is 12.5 Å². The molecule has 1 saturated heterocycles. The third-order valence-corrected chi connectivity index (χ3v) is 2.35. The number of hydrogen-bond acceptors (Lipinski definition) is 6. The number of rotatable bonds is 4. The van der Waals surface area contributed by atoms with Crippen LogP contribution in [0.15, 0.2) is 12.2 Å². The van der Waals surface area contributed by atoms with Crippen molar-refractivity contribution >= 4 is 23.8 Å². The highest BCUT2D eigenvalue weighted by Gasteiger charge is 2.32. The Morgan fingerprint density at radius 2 is 1.95 bits per heavy atom. The minimum absolute atomic E-state index is 0.0990. The fourth-order valence-corrected chi connectivity index (χ4v) is 1.39. The summed E-state index contributed by atoms with van der Waals surface area (Å²) >= 11 is 0. The van der Waals surface area contributed by atoms with E-state index in [9.17, 15) is 19.2 Å². The standard InChI is InChI=1S/C11H14N2O6/c1-6(10-11(17)12-5-7(14)13-10)19-9(16)4-3-8(15)18-2/h3-4,6,10H,5H2,1-2H3,(H,12,17)(H,13,14)/b4-3+/t6-,10+/m1/s1. The van der Waals surface area contributed by atoms with E-state index >= 15 is 0 Å². The number of carbonyl (C=O) groups excluding carboxylic acids is 4. The van der Waals surface area contributed by atoms with Gasteiger partial charge in [0.05, 0.1) is 13.7 Å². The Morgan fingerprint density at radius 1 is 1.32 bits per heavy atom. The topological polar surface area (TPSA) is 111 Å². The second-order valence-electron chi connectivity index (χ2n) is 3.76. The lowest BCUT2D eigenvalue weighted by Crippen LogP contribution is -2.60. The molecule has 2 amide bonds. The van der Waals surface area contributed by atoms with Crippen LogP contribution < -0.4 is 10.6 Å². The summed E-state index contributed by atoms with van der Waals surface area (Å²) in [6.07, 6.45) is 0.915. The van der Waals surface area contributed by atoms with Gasteiger partial charge in [-0.15, -0.1) is 0 Å². The molecule has 0 bridgehead atoms. The van der Waals surface area contributed by atoms with Gasteiger partial charge in [0.15, 0.2) is 0 Å². The van der Waals surface area contributed by atoms with E-state index in [1.165, 1.54) is 14.0 Å². The van der Waals surface area contributed by atoms with E-state index in [1.54, 1.807) is 0 Å². The smallest absolute Gasteiger partial charge is 0.331 e. The highest BCUT2D eigenvalue weighted by Crippen LogP contribution is 2.03. The number of carbonyl (C=O) groups is 4. The quantitative estimate of drug-likeness (QED) is 0.463. The van der Waals surface area contributed by atoms with E-state index in [1.807, 2.05) is 0 Å². The first kappa shape index (κ1) is 14.7. The predicted octanol–water partition coefficient (Wildman–Crippen LogP) is -1.74. The summed E-state index contributed by atoms with van der Waals surface area (Å²) in [6.45, 7) is 1.36. The van der Waals surface area contributed by atoms with Crippen molar-refractivity contribution in [2.24, 2.45) is 0 Å². The van der Waals surface area contributed by atoms with Crippen LogP contribution in [0.1, 0.15) is 6.92 Å². The molecule has 1 rings (SSSR count). The summed E-state index contributed by atoms with van der Waals surface area (Å²) < 4.78 is 9.19. The summed E-state index contributed by atoms with van der Waals surface area (Å²) in [4.78, 5) is 44.7. The molecule has 0 unspecified atom stereocenters. The zero-order valence-electron chi connectivity index (χ0n) is 10.5. The Morgan fingerprint density at radius 3 is 2.58 bits per heavy atom. The fourth-order valence-electron chi connectivity index (χ4n) is 1.39. The van der Waals surface area contributed by atoms with Gasteiger partial charge in [-0.05, 0) is 6.92 Å². The first-order valence-electron chi connectivity index (χ1n) is 5.47. The Balaban J connectivity index is 2.53. The number of hydrogen-bond donors (Lipinski definition) is 2. The average molecular weight is 270 g/mol. The molecule has 0 aromatic rings. The molecule has 0 radical (unpaired) electrons. The van der Waals surface area contributed by atoms with E-state index in [0.717, 1.165) is 12.2 Å². The highest BCUT2D eigenvalue weighted by molar-refractivity contribution is 5.96. The molecule has 0 aliphatic carbocycles. The third-order valence-electron chi connectivity index (χ3n) is 2.35. The second kappa shape index (κ2) is 6.53. The molecule has 1 heterocycles. The molecule has 8 nitrogen and oxygen atoms in total. The zero-order valence-corrected chi connectivity index (χ0v) is 10.5. The monoisotopic (exact) mass is 270 g/mol. The van der Waals surface area contributed by atoms with Crippen LogP contribution >= 0.6 is 0 Å². The number of ether oxygens (including phenoxy) is 2. The third kappa shape index (κ3) is 4.41. The molecule has 8 heteroatoms. The minimum atomic E-state index is -0.947. The van der Waals surface area contributed by atoms with Gasteiger partial charge in [0, 0.05) is 12.2 Å². The maximum atomic E-state index is 11.5. The summed E-state index contributed by atoms with van der Waals surface area (Å²) in [5.41, 5.74) is 0. The molecule has 104 valence electrons. The van der Waals surface area contributed by atoms with Crippen LogP contribution in [0.2, 0.25) is 0 Å². The molecule has 2 atom stereocenters. The number of methoxy groups -OCH3 is 1. The lowest BCUT2D eigenvalue weighted by Gasteiger charge is -2.27. The molecule has 1 fully saturated rings. The number of amides is 2. The van der Waals surface area contributed by atoms with Crippen molar-refractivity contribution in [1.82, 2.24) is 10.6 Å². The number of nitrogens with one attached hydrogen (secondary N) is 2. The molecule has 0 spiro atoms. The van der Waals surface area contributed by atoms with Crippen LogP contribution in [0.25, 0.3) is 0 Å². The number of esters is 2. The van der Waals surface area contributed by atoms with Crippen molar-refractivity contribution in [3.63, 3.8) is 0 Å². The van der Waals surface area contributed by atoms with E-state index in [4.69, 9.17) is 4.74 Å².